The number of likely N-dealkylation sites (tertiary alicyclic amines) is 1. The van der Waals surface area contributed by atoms with E-state index in [2.05, 4.69) is 43.0 Å². The van der Waals surface area contributed by atoms with E-state index in [1.807, 2.05) is 12.1 Å². The van der Waals surface area contributed by atoms with E-state index in [4.69, 9.17) is 0 Å². The van der Waals surface area contributed by atoms with E-state index in [0.29, 0.717) is 5.75 Å². The van der Waals surface area contributed by atoms with Crippen molar-refractivity contribution in [3.8, 4) is 5.75 Å². The summed E-state index contributed by atoms with van der Waals surface area (Å²) in [5.41, 5.74) is 1.08. The summed E-state index contributed by atoms with van der Waals surface area (Å²) in [5.74, 6) is 2.08. The van der Waals surface area contributed by atoms with Gasteiger partial charge in [-0.25, -0.2) is 0 Å². The molecule has 0 atom stereocenters. The maximum Gasteiger partial charge on any atom is 0.120 e. The minimum atomic E-state index is 0.430. The van der Waals surface area contributed by atoms with Crippen molar-refractivity contribution < 1.29 is 5.11 Å². The molecule has 0 aromatic heterocycles. The van der Waals surface area contributed by atoms with Crippen LogP contribution < -0.4 is 0 Å². The topological polar surface area (TPSA) is 23.5 Å². The number of benzene rings is 2. The van der Waals surface area contributed by atoms with Crippen LogP contribution in [0.2, 0.25) is 0 Å². The maximum absolute atomic E-state index is 10.3. The highest BCUT2D eigenvalue weighted by Gasteiger charge is 2.22. The molecule has 1 N–H and O–H groups in total. The fraction of sp³-hybridized carbons (Fsp3) is 0.474. The van der Waals surface area contributed by atoms with Crippen LogP contribution >= 0.6 is 0 Å². The van der Waals surface area contributed by atoms with Crippen molar-refractivity contribution in [1.29, 1.82) is 0 Å². The fourth-order valence-electron chi connectivity index (χ4n) is 3.49. The van der Waals surface area contributed by atoms with Gasteiger partial charge in [0.15, 0.2) is 0 Å². The lowest BCUT2D eigenvalue weighted by molar-refractivity contribution is 0.151. The summed E-state index contributed by atoms with van der Waals surface area (Å²) < 4.78 is 0. The van der Waals surface area contributed by atoms with Crippen LogP contribution in [0.25, 0.3) is 10.8 Å². The molecule has 2 aromatic rings. The highest BCUT2D eigenvalue weighted by atomic mass is 16.3. The molecule has 0 radical (unpaired) electrons. The van der Waals surface area contributed by atoms with E-state index < -0.39 is 0 Å². The predicted octanol–water partition coefficient (Wildman–Crippen LogP) is 4.41. The first kappa shape index (κ1) is 14.4. The highest BCUT2D eigenvalue weighted by molar-refractivity contribution is 5.87. The number of phenols is 1. The summed E-state index contributed by atoms with van der Waals surface area (Å²) in [7, 11) is 0. The summed E-state index contributed by atoms with van der Waals surface area (Å²) in [6.07, 6.45) is 2.56. The Morgan fingerprint density at radius 2 is 1.81 bits per heavy atom. The molecule has 1 aliphatic rings. The highest BCUT2D eigenvalue weighted by Crippen LogP contribution is 2.31. The normalized spacial score (nSPS) is 17.7. The molecule has 1 aliphatic heterocycles. The third-order valence-corrected chi connectivity index (χ3v) is 4.97. The zero-order chi connectivity index (χ0) is 14.8. The number of piperidine rings is 1. The first-order valence-electron chi connectivity index (χ1n) is 8.07. The molecule has 0 saturated carbocycles. The average molecular weight is 283 g/mol. The first-order chi connectivity index (χ1) is 10.1. The van der Waals surface area contributed by atoms with E-state index in [9.17, 15) is 5.11 Å². The van der Waals surface area contributed by atoms with E-state index in [-0.39, 0.29) is 0 Å². The van der Waals surface area contributed by atoms with Crippen LogP contribution in [-0.2, 0) is 6.54 Å². The molecule has 21 heavy (non-hydrogen) atoms. The zero-order valence-electron chi connectivity index (χ0n) is 13.0. The van der Waals surface area contributed by atoms with Gasteiger partial charge in [0.2, 0.25) is 0 Å². The summed E-state index contributed by atoms with van der Waals surface area (Å²) >= 11 is 0. The van der Waals surface area contributed by atoms with Crippen molar-refractivity contribution in [3.63, 3.8) is 0 Å². The lowest BCUT2D eigenvalue weighted by Gasteiger charge is -2.34. The zero-order valence-corrected chi connectivity index (χ0v) is 13.0. The Labute approximate surface area is 127 Å². The van der Waals surface area contributed by atoms with Gasteiger partial charge in [-0.2, -0.15) is 0 Å². The largest absolute Gasteiger partial charge is 0.508 e. The van der Waals surface area contributed by atoms with Gasteiger partial charge in [-0.05, 0) is 54.6 Å². The Morgan fingerprint density at radius 3 is 2.52 bits per heavy atom. The second kappa shape index (κ2) is 6.07. The van der Waals surface area contributed by atoms with E-state index in [1.165, 1.54) is 23.6 Å². The lowest BCUT2D eigenvalue weighted by atomic mass is 9.86. The van der Waals surface area contributed by atoms with Crippen LogP contribution in [0.15, 0.2) is 36.4 Å². The Hall–Kier alpha value is -1.54. The molecule has 2 aromatic carbocycles. The molecule has 1 saturated heterocycles. The maximum atomic E-state index is 10.3. The molecule has 0 aliphatic carbocycles. The minimum absolute atomic E-state index is 0.430. The van der Waals surface area contributed by atoms with Crippen molar-refractivity contribution in [1.82, 2.24) is 4.90 Å². The van der Waals surface area contributed by atoms with Gasteiger partial charge >= 0.3 is 0 Å². The van der Waals surface area contributed by atoms with Gasteiger partial charge in [0.05, 0.1) is 0 Å². The SMILES string of the molecule is CC(C)C1CCN(Cc2c(O)ccc3ccccc23)CC1. The summed E-state index contributed by atoms with van der Waals surface area (Å²) in [6.45, 7) is 7.81. The number of hydrogen-bond acceptors (Lipinski definition) is 2. The summed E-state index contributed by atoms with van der Waals surface area (Å²) in [6, 6.07) is 12.2. The van der Waals surface area contributed by atoms with Crippen molar-refractivity contribution >= 4 is 10.8 Å². The Balaban J connectivity index is 1.78. The van der Waals surface area contributed by atoms with Gasteiger partial charge in [0, 0.05) is 12.1 Å². The number of fused-ring (bicyclic) bond motifs is 1. The van der Waals surface area contributed by atoms with Crippen molar-refractivity contribution in [2.45, 2.75) is 33.2 Å². The Bertz CT molecular complexity index is 612. The second-order valence-corrected chi connectivity index (χ2v) is 6.64. The quantitative estimate of drug-likeness (QED) is 0.901. The van der Waals surface area contributed by atoms with E-state index >= 15 is 0 Å². The van der Waals surface area contributed by atoms with Crippen molar-refractivity contribution in [3.05, 3.63) is 42.0 Å². The van der Waals surface area contributed by atoms with Gasteiger partial charge < -0.3 is 5.11 Å². The van der Waals surface area contributed by atoms with E-state index in [0.717, 1.165) is 37.0 Å². The van der Waals surface area contributed by atoms with Crippen LogP contribution in [0, 0.1) is 11.8 Å². The Kier molecular flexibility index (Phi) is 4.16. The smallest absolute Gasteiger partial charge is 0.120 e. The number of rotatable bonds is 3. The third kappa shape index (κ3) is 3.06. The summed E-state index contributed by atoms with van der Waals surface area (Å²) in [4.78, 5) is 2.49. The molecular formula is C19H25NO. The average Bonchev–Trinajstić information content (AvgIpc) is 2.51. The molecule has 0 spiro atoms. The predicted molar refractivity (Wildman–Crippen MR) is 88.5 cm³/mol. The Morgan fingerprint density at radius 1 is 1.10 bits per heavy atom. The van der Waals surface area contributed by atoms with Gasteiger partial charge in [0.25, 0.3) is 0 Å². The van der Waals surface area contributed by atoms with Crippen molar-refractivity contribution in [2.75, 3.05) is 13.1 Å². The van der Waals surface area contributed by atoms with Crippen LogP contribution in [0.4, 0.5) is 0 Å². The van der Waals surface area contributed by atoms with Gasteiger partial charge in [-0.15, -0.1) is 0 Å². The fourth-order valence-corrected chi connectivity index (χ4v) is 3.49. The van der Waals surface area contributed by atoms with Crippen LogP contribution in [0.3, 0.4) is 0 Å². The molecular weight excluding hydrogens is 258 g/mol. The molecule has 2 nitrogen and oxygen atoms in total. The molecule has 0 amide bonds. The molecule has 112 valence electrons. The first-order valence-corrected chi connectivity index (χ1v) is 8.07. The molecule has 2 heteroatoms. The standard InChI is InChI=1S/C19H25NO/c1-14(2)15-9-11-20(12-10-15)13-18-17-6-4-3-5-16(17)7-8-19(18)21/h3-8,14-15,21H,9-13H2,1-2H3. The van der Waals surface area contributed by atoms with Gasteiger partial charge in [0.1, 0.15) is 5.75 Å². The molecule has 0 unspecified atom stereocenters. The minimum Gasteiger partial charge on any atom is -0.508 e. The number of nitrogens with zero attached hydrogens (tertiary/aromatic N) is 1. The van der Waals surface area contributed by atoms with E-state index in [1.54, 1.807) is 0 Å². The number of hydrogen-bond donors (Lipinski definition) is 1. The molecule has 1 heterocycles. The van der Waals surface area contributed by atoms with Crippen LogP contribution in [0.5, 0.6) is 5.75 Å². The third-order valence-electron chi connectivity index (χ3n) is 4.97. The molecule has 1 fully saturated rings. The van der Waals surface area contributed by atoms with Gasteiger partial charge in [-0.1, -0.05) is 44.2 Å². The summed E-state index contributed by atoms with van der Waals surface area (Å²) in [5, 5.41) is 12.6. The molecule has 0 bridgehead atoms. The van der Waals surface area contributed by atoms with Crippen molar-refractivity contribution in [2.24, 2.45) is 11.8 Å². The molecule has 3 rings (SSSR count). The van der Waals surface area contributed by atoms with Gasteiger partial charge in [-0.3, -0.25) is 4.90 Å². The number of phenolic OH excluding ortho intramolecular Hbond substituents is 1. The second-order valence-electron chi connectivity index (χ2n) is 6.64. The monoisotopic (exact) mass is 283 g/mol. The van der Waals surface area contributed by atoms with Crippen LogP contribution in [0.1, 0.15) is 32.3 Å². The van der Waals surface area contributed by atoms with Crippen LogP contribution in [-0.4, -0.2) is 23.1 Å². The number of aromatic hydroxyl groups is 1. The lowest BCUT2D eigenvalue weighted by Crippen LogP contribution is -2.34.